The summed E-state index contributed by atoms with van der Waals surface area (Å²) in [6, 6.07) is 9.20. The van der Waals surface area contributed by atoms with Crippen LogP contribution >= 0.6 is 11.6 Å². The Balaban J connectivity index is 2.27. The molecule has 0 radical (unpaired) electrons. The van der Waals surface area contributed by atoms with Crippen LogP contribution in [0.4, 0.5) is 5.95 Å². The predicted molar refractivity (Wildman–Crippen MR) is 61.4 cm³/mol. The third-order valence-corrected chi connectivity index (χ3v) is 2.06. The van der Waals surface area contributed by atoms with Gasteiger partial charge in [0, 0.05) is 0 Å². The van der Waals surface area contributed by atoms with Crippen molar-refractivity contribution in [1.29, 1.82) is 0 Å². The zero-order chi connectivity index (χ0) is 11.4. The van der Waals surface area contributed by atoms with Crippen molar-refractivity contribution in [2.45, 2.75) is 0 Å². The molecule has 16 heavy (non-hydrogen) atoms. The second kappa shape index (κ2) is 4.78. The summed E-state index contributed by atoms with van der Waals surface area (Å²) in [7, 11) is 0. The van der Waals surface area contributed by atoms with Crippen LogP contribution in [0.5, 0.6) is 11.6 Å². The van der Waals surface area contributed by atoms with Gasteiger partial charge in [-0.05, 0) is 12.1 Å². The van der Waals surface area contributed by atoms with E-state index in [-0.39, 0.29) is 11.8 Å². The standard InChI is InChI=1S/C10H9ClN4O/c11-8-6-13-10(15-12)14-9(8)16-7-4-2-1-3-5-7/h1-6H,12H2,(H,13,14,15). The molecule has 1 heterocycles. The third-order valence-electron chi connectivity index (χ3n) is 1.80. The Hall–Kier alpha value is -1.85. The quantitative estimate of drug-likeness (QED) is 0.631. The molecule has 0 spiro atoms. The smallest absolute Gasteiger partial charge is 0.243 e. The van der Waals surface area contributed by atoms with Gasteiger partial charge in [-0.1, -0.05) is 29.8 Å². The van der Waals surface area contributed by atoms with E-state index in [1.54, 1.807) is 12.1 Å². The van der Waals surface area contributed by atoms with Crippen molar-refractivity contribution < 1.29 is 4.74 Å². The molecule has 2 rings (SSSR count). The summed E-state index contributed by atoms with van der Waals surface area (Å²) in [5.41, 5.74) is 2.32. The van der Waals surface area contributed by atoms with Crippen LogP contribution in [-0.4, -0.2) is 9.97 Å². The van der Waals surface area contributed by atoms with Gasteiger partial charge in [0.15, 0.2) is 0 Å². The third kappa shape index (κ3) is 2.39. The molecular weight excluding hydrogens is 228 g/mol. The Morgan fingerprint density at radius 2 is 2.00 bits per heavy atom. The van der Waals surface area contributed by atoms with E-state index in [1.165, 1.54) is 6.20 Å². The fourth-order valence-electron chi connectivity index (χ4n) is 1.09. The van der Waals surface area contributed by atoms with Crippen molar-refractivity contribution in [2.24, 2.45) is 5.84 Å². The molecule has 0 amide bonds. The molecule has 1 aromatic heterocycles. The van der Waals surface area contributed by atoms with Gasteiger partial charge in [0.25, 0.3) is 0 Å². The summed E-state index contributed by atoms with van der Waals surface area (Å²) in [5.74, 6) is 6.34. The van der Waals surface area contributed by atoms with Gasteiger partial charge in [-0.3, -0.25) is 5.43 Å². The van der Waals surface area contributed by atoms with Crippen LogP contribution in [0.2, 0.25) is 5.02 Å². The molecule has 0 saturated carbocycles. The first-order valence-electron chi connectivity index (χ1n) is 4.51. The number of hydrogen-bond donors (Lipinski definition) is 2. The lowest BCUT2D eigenvalue weighted by Crippen LogP contribution is -2.10. The van der Waals surface area contributed by atoms with Crippen LogP contribution < -0.4 is 16.0 Å². The maximum Gasteiger partial charge on any atom is 0.243 e. The number of nitrogens with two attached hydrogens (primary N) is 1. The highest BCUT2D eigenvalue weighted by Crippen LogP contribution is 2.26. The topological polar surface area (TPSA) is 73.1 Å². The number of halogens is 1. The molecule has 0 unspecified atom stereocenters. The maximum absolute atomic E-state index is 5.88. The number of aromatic nitrogens is 2. The van der Waals surface area contributed by atoms with E-state index in [0.717, 1.165) is 0 Å². The Labute approximate surface area is 97.2 Å². The Kier molecular flexibility index (Phi) is 3.19. The molecule has 0 aliphatic carbocycles. The molecule has 3 N–H and O–H groups in total. The molecule has 0 aliphatic rings. The van der Waals surface area contributed by atoms with E-state index in [1.807, 2.05) is 18.2 Å². The molecule has 6 heteroatoms. The highest BCUT2D eigenvalue weighted by molar-refractivity contribution is 6.31. The Morgan fingerprint density at radius 1 is 1.25 bits per heavy atom. The summed E-state index contributed by atoms with van der Waals surface area (Å²) < 4.78 is 5.47. The van der Waals surface area contributed by atoms with Crippen LogP contribution in [0.3, 0.4) is 0 Å². The van der Waals surface area contributed by atoms with Crippen LogP contribution in [0.25, 0.3) is 0 Å². The monoisotopic (exact) mass is 236 g/mol. The Morgan fingerprint density at radius 3 is 2.69 bits per heavy atom. The number of nitrogens with one attached hydrogen (secondary N) is 1. The molecule has 2 aromatic rings. The highest BCUT2D eigenvalue weighted by Gasteiger charge is 2.06. The number of para-hydroxylation sites is 1. The summed E-state index contributed by atoms with van der Waals surface area (Å²) in [4.78, 5) is 7.82. The van der Waals surface area contributed by atoms with Crippen molar-refractivity contribution in [2.75, 3.05) is 5.43 Å². The molecule has 0 saturated heterocycles. The minimum Gasteiger partial charge on any atom is -0.437 e. The second-order valence-electron chi connectivity index (χ2n) is 2.91. The second-order valence-corrected chi connectivity index (χ2v) is 3.31. The number of hydrazine groups is 1. The van der Waals surface area contributed by atoms with E-state index in [0.29, 0.717) is 10.8 Å². The molecule has 82 valence electrons. The van der Waals surface area contributed by atoms with Crippen LogP contribution in [0.15, 0.2) is 36.5 Å². The minimum absolute atomic E-state index is 0.246. The van der Waals surface area contributed by atoms with Gasteiger partial charge in [-0.15, -0.1) is 0 Å². The van der Waals surface area contributed by atoms with Gasteiger partial charge < -0.3 is 4.74 Å². The lowest BCUT2D eigenvalue weighted by molar-refractivity contribution is 0.462. The lowest BCUT2D eigenvalue weighted by Gasteiger charge is -2.06. The van der Waals surface area contributed by atoms with Gasteiger partial charge in [-0.25, -0.2) is 10.8 Å². The molecule has 0 atom stereocenters. The number of nitrogen functional groups attached to an aromatic ring is 1. The van der Waals surface area contributed by atoms with Crippen molar-refractivity contribution in [3.05, 3.63) is 41.6 Å². The van der Waals surface area contributed by atoms with Gasteiger partial charge in [0.05, 0.1) is 6.20 Å². The normalized spacial score (nSPS) is 9.88. The van der Waals surface area contributed by atoms with Crippen LogP contribution in [0, 0.1) is 0 Å². The largest absolute Gasteiger partial charge is 0.437 e. The van der Waals surface area contributed by atoms with E-state index in [4.69, 9.17) is 22.2 Å². The number of ether oxygens (including phenoxy) is 1. The fourth-order valence-corrected chi connectivity index (χ4v) is 1.22. The van der Waals surface area contributed by atoms with E-state index >= 15 is 0 Å². The average molecular weight is 237 g/mol. The fraction of sp³-hybridized carbons (Fsp3) is 0. The minimum atomic E-state index is 0.246. The number of hydrogen-bond acceptors (Lipinski definition) is 5. The van der Waals surface area contributed by atoms with Crippen LogP contribution in [0.1, 0.15) is 0 Å². The first-order chi connectivity index (χ1) is 7.79. The van der Waals surface area contributed by atoms with Gasteiger partial charge in [0.2, 0.25) is 11.8 Å². The molecule has 0 fully saturated rings. The number of anilines is 1. The van der Waals surface area contributed by atoms with E-state index < -0.39 is 0 Å². The maximum atomic E-state index is 5.88. The van der Waals surface area contributed by atoms with E-state index in [9.17, 15) is 0 Å². The number of rotatable bonds is 3. The first-order valence-corrected chi connectivity index (χ1v) is 4.89. The Bertz CT molecular complexity index is 478. The average Bonchev–Trinajstić information content (AvgIpc) is 2.33. The molecule has 5 nitrogen and oxygen atoms in total. The van der Waals surface area contributed by atoms with Crippen molar-refractivity contribution >= 4 is 17.5 Å². The first kappa shape index (κ1) is 10.7. The SMILES string of the molecule is NNc1ncc(Cl)c(Oc2ccccc2)n1. The number of benzene rings is 1. The molecule has 1 aromatic carbocycles. The molecule has 0 aliphatic heterocycles. The zero-order valence-corrected chi connectivity index (χ0v) is 8.98. The summed E-state index contributed by atoms with van der Waals surface area (Å²) >= 11 is 5.88. The van der Waals surface area contributed by atoms with Gasteiger partial charge in [-0.2, -0.15) is 4.98 Å². The summed E-state index contributed by atoms with van der Waals surface area (Å²) in [5, 5.41) is 0.322. The van der Waals surface area contributed by atoms with E-state index in [2.05, 4.69) is 15.4 Å². The number of nitrogens with zero attached hydrogens (tertiary/aromatic N) is 2. The lowest BCUT2D eigenvalue weighted by atomic mass is 10.3. The zero-order valence-electron chi connectivity index (χ0n) is 8.22. The predicted octanol–water partition coefficient (Wildman–Crippen LogP) is 2.21. The van der Waals surface area contributed by atoms with Crippen molar-refractivity contribution in [1.82, 2.24) is 9.97 Å². The highest BCUT2D eigenvalue weighted by atomic mass is 35.5. The summed E-state index contributed by atoms with van der Waals surface area (Å²) in [6.07, 6.45) is 1.42. The van der Waals surface area contributed by atoms with Gasteiger partial charge >= 0.3 is 0 Å². The van der Waals surface area contributed by atoms with Crippen molar-refractivity contribution in [3.8, 4) is 11.6 Å². The summed E-state index contributed by atoms with van der Waals surface area (Å²) in [6.45, 7) is 0. The molecular formula is C10H9ClN4O. The molecule has 0 bridgehead atoms. The van der Waals surface area contributed by atoms with Crippen molar-refractivity contribution in [3.63, 3.8) is 0 Å². The van der Waals surface area contributed by atoms with Gasteiger partial charge in [0.1, 0.15) is 10.8 Å². The van der Waals surface area contributed by atoms with Crippen LogP contribution in [-0.2, 0) is 0 Å².